The van der Waals surface area contributed by atoms with Gasteiger partial charge in [0.2, 0.25) is 0 Å². The predicted molar refractivity (Wildman–Crippen MR) is 83.3 cm³/mol. The molecular weight excluding hydrogens is 278 g/mol. The largest absolute Gasteiger partial charge is 0.494 e. The van der Waals surface area contributed by atoms with Gasteiger partial charge in [0.05, 0.1) is 17.6 Å². The molecule has 1 aromatic carbocycles. The first-order chi connectivity index (χ1) is 9.43. The number of hydrogen-bond acceptors (Lipinski definition) is 4. The Morgan fingerprint density at radius 3 is 2.80 bits per heavy atom. The van der Waals surface area contributed by atoms with Crippen molar-refractivity contribution in [1.29, 1.82) is 0 Å². The van der Waals surface area contributed by atoms with Crippen LogP contribution in [0.4, 0.5) is 11.4 Å². The quantitative estimate of drug-likeness (QED) is 0.364. The highest BCUT2D eigenvalue weighted by Crippen LogP contribution is 2.29. The average molecular weight is 295 g/mol. The number of thiocarbonyl (C=S) groups is 1. The topological polar surface area (TPSA) is 76.4 Å². The first kappa shape index (κ1) is 15.9. The molecule has 0 atom stereocenters. The minimum atomic E-state index is -0.480. The van der Waals surface area contributed by atoms with E-state index in [1.54, 1.807) is 12.1 Å². The van der Waals surface area contributed by atoms with Gasteiger partial charge in [0.15, 0.2) is 5.11 Å². The summed E-state index contributed by atoms with van der Waals surface area (Å²) < 4.78 is 5.24. The molecule has 0 heterocycles. The summed E-state index contributed by atoms with van der Waals surface area (Å²) in [6.45, 7) is 8.37. The van der Waals surface area contributed by atoms with Gasteiger partial charge in [0.1, 0.15) is 11.4 Å². The number of nitro benzene ring substituents is 1. The van der Waals surface area contributed by atoms with Crippen LogP contribution in [0.25, 0.3) is 0 Å². The Labute approximate surface area is 123 Å². The molecule has 7 heteroatoms. The molecule has 0 amide bonds. The molecule has 0 aliphatic heterocycles. The molecule has 1 aromatic rings. The number of nitrogens with one attached hydrogen (secondary N) is 2. The van der Waals surface area contributed by atoms with Crippen LogP contribution in [0.5, 0.6) is 5.75 Å². The van der Waals surface area contributed by atoms with E-state index in [4.69, 9.17) is 17.0 Å². The average Bonchev–Trinajstić information content (AvgIpc) is 2.38. The van der Waals surface area contributed by atoms with Gasteiger partial charge in [-0.05, 0) is 38.2 Å². The van der Waals surface area contributed by atoms with Crippen molar-refractivity contribution in [3.05, 3.63) is 40.5 Å². The highest BCUT2D eigenvalue weighted by molar-refractivity contribution is 7.80. The highest BCUT2D eigenvalue weighted by atomic mass is 32.1. The number of nitrogens with zero attached hydrogens (tertiary/aromatic N) is 1. The number of nitro groups is 1. The van der Waals surface area contributed by atoms with Crippen molar-refractivity contribution in [2.24, 2.45) is 0 Å². The molecule has 20 heavy (non-hydrogen) atoms. The second-order valence-electron chi connectivity index (χ2n) is 4.13. The Bertz CT molecular complexity index is 532. The zero-order valence-corrected chi connectivity index (χ0v) is 12.3. The molecule has 0 aromatic heterocycles. The number of rotatable bonds is 6. The van der Waals surface area contributed by atoms with Crippen molar-refractivity contribution in [3.8, 4) is 5.75 Å². The number of benzene rings is 1. The monoisotopic (exact) mass is 295 g/mol. The lowest BCUT2D eigenvalue weighted by molar-refractivity contribution is -0.384. The fourth-order valence-electron chi connectivity index (χ4n) is 1.42. The van der Waals surface area contributed by atoms with Gasteiger partial charge >= 0.3 is 0 Å². The van der Waals surface area contributed by atoms with Crippen LogP contribution in [0.3, 0.4) is 0 Å². The van der Waals surface area contributed by atoms with Crippen molar-refractivity contribution >= 4 is 28.7 Å². The van der Waals surface area contributed by atoms with Crippen LogP contribution < -0.4 is 15.4 Å². The third-order valence-corrected chi connectivity index (χ3v) is 2.52. The van der Waals surface area contributed by atoms with E-state index in [-0.39, 0.29) is 5.69 Å². The van der Waals surface area contributed by atoms with E-state index >= 15 is 0 Å². The highest BCUT2D eigenvalue weighted by Gasteiger charge is 2.16. The van der Waals surface area contributed by atoms with E-state index in [1.165, 1.54) is 6.07 Å². The van der Waals surface area contributed by atoms with Crippen LogP contribution in [0.1, 0.15) is 13.8 Å². The van der Waals surface area contributed by atoms with Gasteiger partial charge in [-0.2, -0.15) is 0 Å². The molecule has 0 aliphatic rings. The molecule has 0 bridgehead atoms. The lowest BCUT2D eigenvalue weighted by atomic mass is 10.2. The van der Waals surface area contributed by atoms with E-state index in [1.807, 2.05) is 13.8 Å². The lowest BCUT2D eigenvalue weighted by Gasteiger charge is -2.11. The fourth-order valence-corrected chi connectivity index (χ4v) is 1.60. The van der Waals surface area contributed by atoms with E-state index < -0.39 is 4.92 Å². The van der Waals surface area contributed by atoms with Gasteiger partial charge in [-0.25, -0.2) is 0 Å². The first-order valence-electron chi connectivity index (χ1n) is 6.04. The Kier molecular flexibility index (Phi) is 5.92. The molecule has 0 fully saturated rings. The zero-order valence-electron chi connectivity index (χ0n) is 11.4. The first-order valence-corrected chi connectivity index (χ1v) is 6.45. The summed E-state index contributed by atoms with van der Waals surface area (Å²) in [6, 6.07) is 4.59. The van der Waals surface area contributed by atoms with Crippen molar-refractivity contribution in [2.75, 3.05) is 18.5 Å². The fraction of sp³-hybridized carbons (Fsp3) is 0.308. The molecular formula is C13H17N3O3S. The zero-order chi connectivity index (χ0) is 15.1. The summed E-state index contributed by atoms with van der Waals surface area (Å²) >= 11 is 5.07. The van der Waals surface area contributed by atoms with E-state index in [0.29, 0.717) is 29.7 Å². The summed E-state index contributed by atoms with van der Waals surface area (Å²) in [4.78, 5) is 10.6. The molecule has 108 valence electrons. The maximum absolute atomic E-state index is 11.1. The standard InChI is InChI=1S/C13H17N3O3S/c1-4-19-10-5-6-11(12(7-10)16(17)18)15-13(20)14-8-9(2)3/h5-7H,2,4,8H2,1,3H3,(H2,14,15,20). The SMILES string of the molecule is C=C(C)CNC(=S)Nc1ccc(OCC)cc1[N+](=O)[O-]. The normalized spacial score (nSPS) is 9.70. The minimum Gasteiger partial charge on any atom is -0.494 e. The van der Waals surface area contributed by atoms with E-state index in [2.05, 4.69) is 17.2 Å². The van der Waals surface area contributed by atoms with Crippen molar-refractivity contribution in [3.63, 3.8) is 0 Å². The van der Waals surface area contributed by atoms with Crippen LogP contribution >= 0.6 is 12.2 Å². The van der Waals surface area contributed by atoms with Gasteiger partial charge in [-0.15, -0.1) is 0 Å². The van der Waals surface area contributed by atoms with Gasteiger partial charge in [-0.3, -0.25) is 10.1 Å². The summed E-state index contributed by atoms with van der Waals surface area (Å²) in [6.07, 6.45) is 0. The van der Waals surface area contributed by atoms with Crippen molar-refractivity contribution < 1.29 is 9.66 Å². The molecule has 1 rings (SSSR count). The third kappa shape index (κ3) is 4.85. The molecule has 0 radical (unpaired) electrons. The summed E-state index contributed by atoms with van der Waals surface area (Å²) in [5.41, 5.74) is 1.14. The van der Waals surface area contributed by atoms with Crippen LogP contribution in [-0.4, -0.2) is 23.2 Å². The second kappa shape index (κ2) is 7.44. The van der Waals surface area contributed by atoms with Gasteiger partial charge in [0.25, 0.3) is 5.69 Å². The summed E-state index contributed by atoms with van der Waals surface area (Å²) in [7, 11) is 0. The van der Waals surface area contributed by atoms with Gasteiger partial charge in [-0.1, -0.05) is 12.2 Å². The third-order valence-electron chi connectivity index (χ3n) is 2.28. The van der Waals surface area contributed by atoms with Crippen LogP contribution in [-0.2, 0) is 0 Å². The van der Waals surface area contributed by atoms with E-state index in [0.717, 1.165) is 5.57 Å². The maximum Gasteiger partial charge on any atom is 0.296 e. The molecule has 0 spiro atoms. The molecule has 6 nitrogen and oxygen atoms in total. The maximum atomic E-state index is 11.1. The van der Waals surface area contributed by atoms with Gasteiger partial charge < -0.3 is 15.4 Å². The smallest absolute Gasteiger partial charge is 0.296 e. The lowest BCUT2D eigenvalue weighted by Crippen LogP contribution is -2.29. The van der Waals surface area contributed by atoms with Crippen LogP contribution in [0.2, 0.25) is 0 Å². The van der Waals surface area contributed by atoms with Gasteiger partial charge in [0, 0.05) is 6.54 Å². The Hall–Kier alpha value is -2.15. The number of anilines is 1. The van der Waals surface area contributed by atoms with Crippen LogP contribution in [0, 0.1) is 10.1 Å². The van der Waals surface area contributed by atoms with Crippen molar-refractivity contribution in [1.82, 2.24) is 5.32 Å². The molecule has 0 saturated heterocycles. The minimum absolute atomic E-state index is 0.0876. The van der Waals surface area contributed by atoms with Crippen LogP contribution in [0.15, 0.2) is 30.4 Å². The predicted octanol–water partition coefficient (Wildman–Crippen LogP) is 2.86. The summed E-state index contributed by atoms with van der Waals surface area (Å²) in [5, 5.41) is 17.1. The number of ether oxygens (including phenoxy) is 1. The Morgan fingerprint density at radius 2 is 2.25 bits per heavy atom. The number of hydrogen-bond donors (Lipinski definition) is 2. The summed E-state index contributed by atoms with van der Waals surface area (Å²) in [5.74, 6) is 0.450. The molecule has 0 saturated carbocycles. The molecule has 0 aliphatic carbocycles. The second-order valence-corrected chi connectivity index (χ2v) is 4.54. The van der Waals surface area contributed by atoms with Crippen molar-refractivity contribution in [2.45, 2.75) is 13.8 Å². The molecule has 0 unspecified atom stereocenters. The molecule has 2 N–H and O–H groups in total. The Morgan fingerprint density at radius 1 is 1.55 bits per heavy atom. The Balaban J connectivity index is 2.85. The van der Waals surface area contributed by atoms with E-state index in [9.17, 15) is 10.1 Å².